The minimum atomic E-state index is -0.118. The van der Waals surface area contributed by atoms with Gasteiger partial charge in [-0.15, -0.1) is 0 Å². The number of ether oxygens (including phenoxy) is 2. The molecule has 1 unspecified atom stereocenters. The zero-order valence-electron chi connectivity index (χ0n) is 15.8. The fraction of sp³-hybridized carbons (Fsp3) is 0.435. The van der Waals surface area contributed by atoms with E-state index in [-0.39, 0.29) is 17.8 Å². The van der Waals surface area contributed by atoms with Crippen LogP contribution in [0.5, 0.6) is 5.75 Å². The molecule has 1 aliphatic heterocycles. The van der Waals surface area contributed by atoms with E-state index < -0.39 is 0 Å². The van der Waals surface area contributed by atoms with E-state index in [9.17, 15) is 4.79 Å². The van der Waals surface area contributed by atoms with Crippen molar-refractivity contribution in [1.82, 2.24) is 0 Å². The number of hydrogen-bond acceptors (Lipinski definition) is 3. The van der Waals surface area contributed by atoms with E-state index in [1.807, 2.05) is 6.92 Å². The highest BCUT2D eigenvalue weighted by molar-refractivity contribution is 9.10. The van der Waals surface area contributed by atoms with Crippen LogP contribution in [0.1, 0.15) is 48.3 Å². The molecular formula is C23H25BrO3. The van der Waals surface area contributed by atoms with Gasteiger partial charge in [0.05, 0.1) is 19.6 Å². The molecule has 0 N–H and O–H groups in total. The molecule has 2 aromatic rings. The van der Waals surface area contributed by atoms with Crippen molar-refractivity contribution in [2.45, 2.75) is 38.0 Å². The Kier molecular flexibility index (Phi) is 5.27. The molecule has 142 valence electrons. The second-order valence-electron chi connectivity index (χ2n) is 7.81. The first-order valence-corrected chi connectivity index (χ1v) is 10.4. The van der Waals surface area contributed by atoms with Crippen LogP contribution in [-0.4, -0.2) is 19.7 Å². The first kappa shape index (κ1) is 18.5. The monoisotopic (exact) mass is 428 g/mol. The number of esters is 1. The van der Waals surface area contributed by atoms with Gasteiger partial charge in [0.25, 0.3) is 0 Å². The molecule has 4 rings (SSSR count). The maximum Gasteiger partial charge on any atom is 0.309 e. The molecule has 0 saturated heterocycles. The van der Waals surface area contributed by atoms with Crippen molar-refractivity contribution in [3.05, 3.63) is 63.6 Å². The number of benzene rings is 2. The number of fused-ring (bicyclic) bond motifs is 1. The van der Waals surface area contributed by atoms with E-state index in [2.05, 4.69) is 58.4 Å². The molecule has 4 heteroatoms. The van der Waals surface area contributed by atoms with Crippen molar-refractivity contribution >= 4 is 21.9 Å². The molecule has 0 amide bonds. The van der Waals surface area contributed by atoms with Crippen LogP contribution in [0.25, 0.3) is 0 Å². The molecule has 1 fully saturated rings. The van der Waals surface area contributed by atoms with E-state index in [4.69, 9.17) is 9.47 Å². The maximum atomic E-state index is 12.2. The zero-order valence-corrected chi connectivity index (χ0v) is 17.4. The Hall–Kier alpha value is -1.81. The van der Waals surface area contributed by atoms with Gasteiger partial charge in [-0.1, -0.05) is 47.1 Å². The molecule has 0 aromatic heterocycles. The van der Waals surface area contributed by atoms with Gasteiger partial charge < -0.3 is 9.47 Å². The third kappa shape index (κ3) is 3.91. The van der Waals surface area contributed by atoms with Crippen molar-refractivity contribution in [2.24, 2.45) is 11.8 Å². The number of carbonyl (C=O) groups is 1. The van der Waals surface area contributed by atoms with Crippen LogP contribution in [0.3, 0.4) is 0 Å². The predicted octanol–water partition coefficient (Wildman–Crippen LogP) is 5.47. The number of halogens is 1. The van der Waals surface area contributed by atoms with Gasteiger partial charge >= 0.3 is 5.97 Å². The lowest BCUT2D eigenvalue weighted by Crippen LogP contribution is -2.23. The molecule has 3 atom stereocenters. The van der Waals surface area contributed by atoms with Gasteiger partial charge in [0.2, 0.25) is 0 Å². The highest BCUT2D eigenvalue weighted by Crippen LogP contribution is 2.48. The van der Waals surface area contributed by atoms with Crippen LogP contribution in [-0.2, 0) is 16.0 Å². The van der Waals surface area contributed by atoms with Crippen molar-refractivity contribution in [3.63, 3.8) is 0 Å². The number of carbonyl (C=O) groups excluding carboxylic acids is 1. The molecule has 1 heterocycles. The number of methoxy groups -OCH3 is 1. The van der Waals surface area contributed by atoms with E-state index in [0.29, 0.717) is 18.4 Å². The van der Waals surface area contributed by atoms with Crippen molar-refractivity contribution in [2.75, 3.05) is 13.7 Å². The minimum absolute atomic E-state index is 0.117. The summed E-state index contributed by atoms with van der Waals surface area (Å²) in [5.74, 6) is 1.92. The smallest absolute Gasteiger partial charge is 0.309 e. The van der Waals surface area contributed by atoms with Crippen molar-refractivity contribution in [1.29, 1.82) is 0 Å². The molecule has 27 heavy (non-hydrogen) atoms. The lowest BCUT2D eigenvalue weighted by Gasteiger charge is -2.28. The Morgan fingerprint density at radius 2 is 1.93 bits per heavy atom. The average Bonchev–Trinajstić information content (AvgIpc) is 3.52. The lowest BCUT2D eigenvalue weighted by atomic mass is 9.81. The molecule has 0 radical (unpaired) electrons. The van der Waals surface area contributed by atoms with Crippen molar-refractivity contribution in [3.8, 4) is 5.75 Å². The predicted molar refractivity (Wildman–Crippen MR) is 109 cm³/mol. The first-order chi connectivity index (χ1) is 13.1. The van der Waals surface area contributed by atoms with Gasteiger partial charge in [-0.2, -0.15) is 0 Å². The topological polar surface area (TPSA) is 35.5 Å². The molecule has 3 nitrogen and oxygen atoms in total. The van der Waals surface area contributed by atoms with Gasteiger partial charge in [0.1, 0.15) is 5.75 Å². The van der Waals surface area contributed by atoms with Gasteiger partial charge in [0, 0.05) is 10.4 Å². The summed E-state index contributed by atoms with van der Waals surface area (Å²) in [5.41, 5.74) is 3.79. The summed E-state index contributed by atoms with van der Waals surface area (Å²) >= 11 is 3.50. The maximum absolute atomic E-state index is 12.2. The van der Waals surface area contributed by atoms with E-state index in [0.717, 1.165) is 16.6 Å². The standard InChI is InChI=1S/C23H25BrO3/c1-14(23(25)26-2)22(16-3-4-16)17-7-10-21-18(11-17)12-19(13-27-21)15-5-8-20(24)9-6-15/h5-11,14,16,19,22H,3-4,12-13H2,1-2H3/t14-,19?,22-/m0/s1. The fourth-order valence-electron chi connectivity index (χ4n) is 4.33. The summed E-state index contributed by atoms with van der Waals surface area (Å²) in [4.78, 5) is 12.2. The third-order valence-corrected chi connectivity index (χ3v) is 6.49. The van der Waals surface area contributed by atoms with Crippen LogP contribution < -0.4 is 4.74 Å². The molecule has 2 aromatic carbocycles. The Labute approximate surface area is 169 Å². The summed E-state index contributed by atoms with van der Waals surface area (Å²) in [5, 5.41) is 0. The van der Waals surface area contributed by atoms with E-state index in [1.54, 1.807) is 0 Å². The molecule has 0 spiro atoms. The lowest BCUT2D eigenvalue weighted by molar-refractivity contribution is -0.145. The highest BCUT2D eigenvalue weighted by Gasteiger charge is 2.39. The van der Waals surface area contributed by atoms with Crippen LogP contribution >= 0.6 is 15.9 Å². The van der Waals surface area contributed by atoms with Gasteiger partial charge in [-0.05, 0) is 66.0 Å². The summed E-state index contributed by atoms with van der Waals surface area (Å²) in [7, 11) is 1.48. The molecular weight excluding hydrogens is 404 g/mol. The van der Waals surface area contributed by atoms with Gasteiger partial charge in [0.15, 0.2) is 0 Å². The van der Waals surface area contributed by atoms with Gasteiger partial charge in [-0.25, -0.2) is 0 Å². The van der Waals surface area contributed by atoms with Crippen molar-refractivity contribution < 1.29 is 14.3 Å². The first-order valence-electron chi connectivity index (χ1n) is 9.65. The Balaban J connectivity index is 1.60. The summed E-state index contributed by atoms with van der Waals surface area (Å²) in [6.07, 6.45) is 3.36. The molecule has 1 aliphatic carbocycles. The fourth-order valence-corrected chi connectivity index (χ4v) is 4.59. The normalized spacial score (nSPS) is 20.9. The Morgan fingerprint density at radius 3 is 2.59 bits per heavy atom. The summed E-state index contributed by atoms with van der Waals surface area (Å²) < 4.78 is 12.2. The summed E-state index contributed by atoms with van der Waals surface area (Å²) in [6, 6.07) is 15.0. The van der Waals surface area contributed by atoms with Crippen LogP contribution in [0.2, 0.25) is 0 Å². The number of hydrogen-bond donors (Lipinski definition) is 0. The van der Waals surface area contributed by atoms with Crippen LogP contribution in [0, 0.1) is 11.8 Å². The SMILES string of the molecule is COC(=O)[C@@H](C)[C@H](c1ccc2c(c1)CC(c1ccc(Br)cc1)CO2)C1CC1. The quantitative estimate of drug-likeness (QED) is 0.592. The molecule has 0 bridgehead atoms. The second kappa shape index (κ2) is 7.67. The van der Waals surface area contributed by atoms with E-state index in [1.165, 1.54) is 36.6 Å². The zero-order chi connectivity index (χ0) is 19.0. The minimum Gasteiger partial charge on any atom is -0.493 e. The third-order valence-electron chi connectivity index (χ3n) is 5.96. The molecule has 2 aliphatic rings. The average molecular weight is 429 g/mol. The van der Waals surface area contributed by atoms with E-state index >= 15 is 0 Å². The van der Waals surface area contributed by atoms with Gasteiger partial charge in [-0.3, -0.25) is 4.79 Å². The second-order valence-corrected chi connectivity index (χ2v) is 8.72. The Bertz CT molecular complexity index is 826. The highest BCUT2D eigenvalue weighted by atomic mass is 79.9. The largest absolute Gasteiger partial charge is 0.493 e. The number of rotatable bonds is 5. The van der Waals surface area contributed by atoms with Crippen LogP contribution in [0.15, 0.2) is 46.9 Å². The Morgan fingerprint density at radius 1 is 1.19 bits per heavy atom. The summed E-state index contributed by atoms with van der Waals surface area (Å²) in [6.45, 7) is 2.70. The molecule has 1 saturated carbocycles. The van der Waals surface area contributed by atoms with Crippen LogP contribution in [0.4, 0.5) is 0 Å².